The predicted molar refractivity (Wildman–Crippen MR) is 122 cm³/mol. The smallest absolute Gasteiger partial charge is 0.159 e. The van der Waals surface area contributed by atoms with Gasteiger partial charge in [-0.2, -0.15) is 5.10 Å². The van der Waals surface area contributed by atoms with Gasteiger partial charge in [0.15, 0.2) is 5.65 Å². The minimum atomic E-state index is -0.681. The predicted octanol–water partition coefficient (Wildman–Crippen LogP) is 3.97. The molecule has 0 radical (unpaired) electrons. The van der Waals surface area contributed by atoms with Gasteiger partial charge < -0.3 is 10.0 Å². The molecule has 1 aliphatic rings. The van der Waals surface area contributed by atoms with Crippen molar-refractivity contribution in [2.75, 3.05) is 20.1 Å². The van der Waals surface area contributed by atoms with Crippen LogP contribution in [-0.2, 0) is 12.8 Å². The van der Waals surface area contributed by atoms with E-state index in [0.29, 0.717) is 0 Å². The number of nitrogens with zero attached hydrogens (tertiary/aromatic N) is 4. The van der Waals surface area contributed by atoms with Crippen molar-refractivity contribution in [3.8, 4) is 0 Å². The first-order chi connectivity index (χ1) is 14.4. The molecule has 1 aliphatic heterocycles. The van der Waals surface area contributed by atoms with Gasteiger partial charge in [-0.25, -0.2) is 9.50 Å². The van der Waals surface area contributed by atoms with Gasteiger partial charge in [0.05, 0.1) is 11.3 Å². The van der Waals surface area contributed by atoms with Crippen LogP contribution < -0.4 is 0 Å². The second-order valence-corrected chi connectivity index (χ2v) is 8.71. The van der Waals surface area contributed by atoms with E-state index in [1.54, 1.807) is 0 Å². The molecule has 2 aromatic heterocycles. The molecule has 3 aromatic rings. The molecular formula is C25H32N4O. The van der Waals surface area contributed by atoms with E-state index < -0.39 is 5.60 Å². The summed E-state index contributed by atoms with van der Waals surface area (Å²) in [6.45, 7) is 8.14. The zero-order valence-corrected chi connectivity index (χ0v) is 18.5. The van der Waals surface area contributed by atoms with Gasteiger partial charge >= 0.3 is 0 Å². The molecule has 1 saturated heterocycles. The van der Waals surface area contributed by atoms with Crippen LogP contribution in [0.25, 0.3) is 11.7 Å². The van der Waals surface area contributed by atoms with Crippen molar-refractivity contribution in [2.45, 2.75) is 52.1 Å². The lowest BCUT2D eigenvalue weighted by molar-refractivity contribution is 0.0272. The number of fused-ring (bicyclic) bond motifs is 1. The lowest BCUT2D eigenvalue weighted by atomic mass is 9.90. The summed E-state index contributed by atoms with van der Waals surface area (Å²) in [4.78, 5) is 7.03. The summed E-state index contributed by atoms with van der Waals surface area (Å²) in [7, 11) is 2.11. The van der Waals surface area contributed by atoms with E-state index in [2.05, 4.69) is 62.2 Å². The topological polar surface area (TPSA) is 53.7 Å². The Hall–Kier alpha value is -2.50. The lowest BCUT2D eigenvalue weighted by Crippen LogP contribution is -2.41. The van der Waals surface area contributed by atoms with Gasteiger partial charge in [-0.1, -0.05) is 43.3 Å². The van der Waals surface area contributed by atoms with Crippen LogP contribution in [0, 0.1) is 13.8 Å². The largest absolute Gasteiger partial charge is 0.386 e. The van der Waals surface area contributed by atoms with Crippen molar-refractivity contribution in [1.82, 2.24) is 19.5 Å². The third-order valence-electron chi connectivity index (χ3n) is 6.21. The Labute approximate surface area is 179 Å². The van der Waals surface area contributed by atoms with Crippen LogP contribution in [0.4, 0.5) is 0 Å². The number of aliphatic hydroxyl groups is 1. The number of hydrogen-bond donors (Lipinski definition) is 1. The Morgan fingerprint density at radius 1 is 1.13 bits per heavy atom. The third kappa shape index (κ3) is 4.32. The normalized spacial score (nSPS) is 17.2. The van der Waals surface area contributed by atoms with Crippen molar-refractivity contribution in [3.05, 3.63) is 70.2 Å². The summed E-state index contributed by atoms with van der Waals surface area (Å²) in [5.41, 5.74) is 7.12. The van der Waals surface area contributed by atoms with Crippen LogP contribution in [0.5, 0.6) is 0 Å². The molecule has 0 unspecified atom stereocenters. The van der Waals surface area contributed by atoms with Gasteiger partial charge in [-0.05, 0) is 57.4 Å². The van der Waals surface area contributed by atoms with Gasteiger partial charge in [0.1, 0.15) is 0 Å². The van der Waals surface area contributed by atoms with Crippen LogP contribution in [0.1, 0.15) is 53.5 Å². The summed E-state index contributed by atoms with van der Waals surface area (Å²) in [6.07, 6.45) is 7.33. The summed E-state index contributed by atoms with van der Waals surface area (Å²) in [6, 6.07) is 10.7. The van der Waals surface area contributed by atoms with Crippen molar-refractivity contribution < 1.29 is 5.11 Å². The van der Waals surface area contributed by atoms with Gasteiger partial charge in [-0.15, -0.1) is 0 Å². The molecule has 0 amide bonds. The number of aromatic nitrogens is 3. The van der Waals surface area contributed by atoms with E-state index >= 15 is 0 Å². The Morgan fingerprint density at radius 3 is 2.50 bits per heavy atom. The number of aryl methyl sites for hydroxylation is 3. The van der Waals surface area contributed by atoms with Crippen molar-refractivity contribution in [1.29, 1.82) is 0 Å². The van der Waals surface area contributed by atoms with Crippen molar-refractivity contribution in [3.63, 3.8) is 0 Å². The zero-order valence-electron chi connectivity index (χ0n) is 18.5. The maximum Gasteiger partial charge on any atom is 0.159 e. The highest BCUT2D eigenvalue weighted by molar-refractivity contribution is 5.55. The Bertz CT molecular complexity index is 1060. The first kappa shape index (κ1) is 20.8. The standard InChI is InChI=1S/C25H32N4O/c1-5-23-22(24-26-18(2)16-19(3)29(24)27-23)17-21-8-6-20(7-9-21)10-11-25(30)12-14-28(4)15-13-25/h6-11,16,30H,5,12-15,17H2,1-4H3/b11-10+. The van der Waals surface area contributed by atoms with Gasteiger partial charge in [-0.3, -0.25) is 0 Å². The average Bonchev–Trinajstić information content (AvgIpc) is 3.08. The van der Waals surface area contributed by atoms with Crippen LogP contribution in [0.3, 0.4) is 0 Å². The molecule has 1 N–H and O–H groups in total. The SMILES string of the molecule is CCc1nn2c(C)cc(C)nc2c1Cc1ccc(/C=C/C2(O)CCN(C)CC2)cc1. The molecule has 5 heteroatoms. The number of piperidine rings is 1. The molecule has 1 fully saturated rings. The Balaban J connectivity index is 1.54. The highest BCUT2D eigenvalue weighted by Crippen LogP contribution is 2.25. The number of rotatable bonds is 5. The zero-order chi connectivity index (χ0) is 21.3. The Kier molecular flexibility index (Phi) is 5.76. The van der Waals surface area contributed by atoms with Crippen molar-refractivity contribution in [2.24, 2.45) is 0 Å². The monoisotopic (exact) mass is 404 g/mol. The molecular weight excluding hydrogens is 372 g/mol. The minimum Gasteiger partial charge on any atom is -0.386 e. The maximum atomic E-state index is 10.7. The quantitative estimate of drug-likeness (QED) is 0.699. The van der Waals surface area contributed by atoms with Crippen LogP contribution in [0.15, 0.2) is 36.4 Å². The van der Waals surface area contributed by atoms with E-state index in [4.69, 9.17) is 10.1 Å². The molecule has 5 nitrogen and oxygen atoms in total. The van der Waals surface area contributed by atoms with E-state index in [-0.39, 0.29) is 0 Å². The molecule has 0 atom stereocenters. The summed E-state index contributed by atoms with van der Waals surface area (Å²) < 4.78 is 1.97. The van der Waals surface area contributed by atoms with Gasteiger partial charge in [0, 0.05) is 36.5 Å². The first-order valence-electron chi connectivity index (χ1n) is 10.9. The van der Waals surface area contributed by atoms with Crippen LogP contribution in [-0.4, -0.2) is 50.3 Å². The van der Waals surface area contributed by atoms with Crippen LogP contribution in [0.2, 0.25) is 0 Å². The molecule has 1 aromatic carbocycles. The maximum absolute atomic E-state index is 10.7. The second kappa shape index (κ2) is 8.32. The Morgan fingerprint density at radius 2 is 1.83 bits per heavy atom. The third-order valence-corrected chi connectivity index (χ3v) is 6.21. The van der Waals surface area contributed by atoms with E-state index in [0.717, 1.165) is 67.1 Å². The van der Waals surface area contributed by atoms with Gasteiger partial charge in [0.2, 0.25) is 0 Å². The lowest BCUT2D eigenvalue weighted by Gasteiger charge is -2.34. The van der Waals surface area contributed by atoms with Gasteiger partial charge in [0.25, 0.3) is 0 Å². The molecule has 3 heterocycles. The van der Waals surface area contributed by atoms with Crippen molar-refractivity contribution >= 4 is 11.7 Å². The summed E-state index contributed by atoms with van der Waals surface area (Å²) >= 11 is 0. The minimum absolute atomic E-state index is 0.681. The molecule has 0 spiro atoms. The number of likely N-dealkylation sites (tertiary alicyclic amines) is 1. The van der Waals surface area contributed by atoms with E-state index in [1.807, 2.05) is 17.5 Å². The molecule has 0 aliphatic carbocycles. The first-order valence-corrected chi connectivity index (χ1v) is 10.9. The summed E-state index contributed by atoms with van der Waals surface area (Å²) in [5, 5.41) is 15.5. The molecule has 0 saturated carbocycles. The molecule has 4 rings (SSSR count). The van der Waals surface area contributed by atoms with E-state index in [1.165, 1.54) is 11.1 Å². The molecule has 158 valence electrons. The molecule has 0 bridgehead atoms. The fourth-order valence-electron chi connectivity index (χ4n) is 4.25. The number of benzene rings is 1. The highest BCUT2D eigenvalue weighted by Gasteiger charge is 2.28. The fraction of sp³-hybridized carbons (Fsp3) is 0.440. The van der Waals surface area contributed by atoms with E-state index in [9.17, 15) is 5.11 Å². The average molecular weight is 405 g/mol. The highest BCUT2D eigenvalue weighted by atomic mass is 16.3. The summed E-state index contributed by atoms with van der Waals surface area (Å²) in [5.74, 6) is 0. The van der Waals surface area contributed by atoms with Crippen LogP contribution >= 0.6 is 0 Å². The second-order valence-electron chi connectivity index (χ2n) is 8.71. The fourth-order valence-corrected chi connectivity index (χ4v) is 4.25. The number of hydrogen-bond acceptors (Lipinski definition) is 4. The molecule has 30 heavy (non-hydrogen) atoms.